The van der Waals surface area contributed by atoms with E-state index in [1.165, 1.54) is 5.56 Å². The predicted molar refractivity (Wildman–Crippen MR) is 86.2 cm³/mol. The van der Waals surface area contributed by atoms with Crippen LogP contribution in [0, 0.1) is 11.3 Å². The fourth-order valence-electron chi connectivity index (χ4n) is 3.80. The molecule has 1 aromatic heterocycles. The van der Waals surface area contributed by atoms with Crippen LogP contribution in [0.3, 0.4) is 0 Å². The molecule has 1 N–H and O–H groups in total. The first-order valence-corrected chi connectivity index (χ1v) is 9.80. The number of hydrogen-bond donors (Lipinski definition) is 1. The minimum atomic E-state index is -3.13. The molecular weight excluding hydrogens is 314 g/mol. The lowest BCUT2D eigenvalue weighted by atomic mass is 9.81. The van der Waals surface area contributed by atoms with E-state index in [0.717, 1.165) is 39.1 Å². The van der Waals surface area contributed by atoms with Crippen molar-refractivity contribution in [1.82, 2.24) is 14.6 Å². The third-order valence-electron chi connectivity index (χ3n) is 5.34. The summed E-state index contributed by atoms with van der Waals surface area (Å²) < 4.78 is 32.8. The predicted octanol–water partition coefficient (Wildman–Crippen LogP) is 0.612. The Morgan fingerprint density at radius 2 is 2.13 bits per heavy atom. The minimum absolute atomic E-state index is 0.0744. The molecular formula is C16H23N3O3S. The van der Waals surface area contributed by atoms with Crippen molar-refractivity contribution in [2.75, 3.05) is 32.8 Å². The lowest BCUT2D eigenvalue weighted by Crippen LogP contribution is -2.43. The van der Waals surface area contributed by atoms with Crippen LogP contribution in [-0.2, 0) is 21.3 Å². The van der Waals surface area contributed by atoms with E-state index in [4.69, 9.17) is 4.74 Å². The maximum atomic E-state index is 12.1. The van der Waals surface area contributed by atoms with Crippen LogP contribution in [0.15, 0.2) is 24.5 Å². The summed E-state index contributed by atoms with van der Waals surface area (Å²) in [6, 6.07) is 4.07. The van der Waals surface area contributed by atoms with Gasteiger partial charge < -0.3 is 4.74 Å². The molecule has 0 aromatic carbocycles. The summed E-state index contributed by atoms with van der Waals surface area (Å²) >= 11 is 0. The second-order valence-electron chi connectivity index (χ2n) is 7.16. The quantitative estimate of drug-likeness (QED) is 0.824. The minimum Gasteiger partial charge on any atom is -0.380 e. The molecule has 3 heterocycles. The number of sulfonamides is 1. The Morgan fingerprint density at radius 3 is 2.87 bits per heavy atom. The monoisotopic (exact) mass is 337 g/mol. The molecule has 0 bridgehead atoms. The zero-order valence-electron chi connectivity index (χ0n) is 13.1. The van der Waals surface area contributed by atoms with Crippen molar-refractivity contribution in [3.05, 3.63) is 30.1 Å². The van der Waals surface area contributed by atoms with Crippen molar-refractivity contribution in [3.63, 3.8) is 0 Å². The lowest BCUT2D eigenvalue weighted by molar-refractivity contribution is 0.128. The summed E-state index contributed by atoms with van der Waals surface area (Å²) in [4.78, 5) is 6.47. The Kier molecular flexibility index (Phi) is 3.91. The van der Waals surface area contributed by atoms with E-state index in [1.807, 2.05) is 24.5 Å². The number of rotatable bonds is 6. The molecule has 2 atom stereocenters. The standard InChI is InChI=1S/C16H23N3O3S/c20-23(21,15-1-2-15)18-10-16-11-19(8-14(16)9-22-12-16)7-13-3-5-17-6-4-13/h3-6,14-15,18H,1-2,7-12H2/t14-,16+/m0/s1. The highest BCUT2D eigenvalue weighted by Crippen LogP contribution is 2.41. The van der Waals surface area contributed by atoms with Crippen LogP contribution in [0.4, 0.5) is 0 Å². The smallest absolute Gasteiger partial charge is 0.214 e. The highest BCUT2D eigenvalue weighted by Gasteiger charge is 2.51. The molecule has 0 amide bonds. The molecule has 3 fully saturated rings. The molecule has 0 spiro atoms. The van der Waals surface area contributed by atoms with Crippen LogP contribution in [0.25, 0.3) is 0 Å². The molecule has 0 radical (unpaired) electrons. The number of likely N-dealkylation sites (tertiary alicyclic amines) is 1. The maximum absolute atomic E-state index is 12.1. The molecule has 4 rings (SSSR count). The van der Waals surface area contributed by atoms with Gasteiger partial charge in [-0.2, -0.15) is 0 Å². The first kappa shape index (κ1) is 15.5. The van der Waals surface area contributed by atoms with Gasteiger partial charge in [-0.25, -0.2) is 13.1 Å². The van der Waals surface area contributed by atoms with Gasteiger partial charge in [-0.1, -0.05) is 0 Å². The maximum Gasteiger partial charge on any atom is 0.214 e. The van der Waals surface area contributed by atoms with Crippen molar-refractivity contribution in [3.8, 4) is 0 Å². The molecule has 2 aliphatic heterocycles. The molecule has 1 aliphatic carbocycles. The van der Waals surface area contributed by atoms with Crippen LogP contribution < -0.4 is 4.72 Å². The first-order chi connectivity index (χ1) is 11.1. The number of aromatic nitrogens is 1. The zero-order chi connectivity index (χ0) is 15.9. The number of ether oxygens (including phenoxy) is 1. The van der Waals surface area contributed by atoms with E-state index in [2.05, 4.69) is 14.6 Å². The Labute approximate surface area is 137 Å². The Balaban J connectivity index is 1.42. The molecule has 7 heteroatoms. The van der Waals surface area contributed by atoms with Crippen molar-refractivity contribution in [2.24, 2.45) is 11.3 Å². The van der Waals surface area contributed by atoms with Crippen molar-refractivity contribution >= 4 is 10.0 Å². The average molecular weight is 337 g/mol. The Bertz CT molecular complexity index is 662. The summed E-state index contributed by atoms with van der Waals surface area (Å²) in [5, 5.41) is -0.158. The van der Waals surface area contributed by atoms with Crippen molar-refractivity contribution < 1.29 is 13.2 Å². The van der Waals surface area contributed by atoms with Gasteiger partial charge >= 0.3 is 0 Å². The Hall–Kier alpha value is -1.02. The molecule has 6 nitrogen and oxygen atoms in total. The summed E-state index contributed by atoms with van der Waals surface area (Å²) in [5.74, 6) is 0.409. The summed E-state index contributed by atoms with van der Waals surface area (Å²) in [5.41, 5.74) is 1.17. The summed E-state index contributed by atoms with van der Waals surface area (Å²) in [6.45, 7) is 4.62. The van der Waals surface area contributed by atoms with Crippen molar-refractivity contribution in [2.45, 2.75) is 24.6 Å². The first-order valence-electron chi connectivity index (χ1n) is 8.25. The van der Waals surface area contributed by atoms with E-state index >= 15 is 0 Å². The van der Waals surface area contributed by atoms with Crippen LogP contribution >= 0.6 is 0 Å². The van der Waals surface area contributed by atoms with Gasteiger partial charge in [0, 0.05) is 49.9 Å². The molecule has 1 saturated carbocycles. The second kappa shape index (κ2) is 5.81. The van der Waals surface area contributed by atoms with E-state index in [0.29, 0.717) is 19.1 Å². The molecule has 1 aromatic rings. The topological polar surface area (TPSA) is 71.5 Å². The third-order valence-corrected chi connectivity index (χ3v) is 7.23. The van der Waals surface area contributed by atoms with Gasteiger partial charge in [-0.15, -0.1) is 0 Å². The van der Waals surface area contributed by atoms with Crippen LogP contribution in [0.1, 0.15) is 18.4 Å². The molecule has 126 valence electrons. The van der Waals surface area contributed by atoms with E-state index in [-0.39, 0.29) is 10.7 Å². The second-order valence-corrected chi connectivity index (χ2v) is 9.21. The molecule has 3 aliphatic rings. The van der Waals surface area contributed by atoms with Crippen molar-refractivity contribution in [1.29, 1.82) is 0 Å². The van der Waals surface area contributed by atoms with Crippen LogP contribution in [0.5, 0.6) is 0 Å². The van der Waals surface area contributed by atoms with Gasteiger partial charge in [0.2, 0.25) is 10.0 Å². The lowest BCUT2D eigenvalue weighted by Gasteiger charge is -2.27. The van der Waals surface area contributed by atoms with Gasteiger partial charge in [0.05, 0.1) is 18.5 Å². The summed E-state index contributed by atoms with van der Waals surface area (Å²) in [7, 11) is -3.13. The highest BCUT2D eigenvalue weighted by molar-refractivity contribution is 7.90. The van der Waals surface area contributed by atoms with E-state index < -0.39 is 10.0 Å². The zero-order valence-corrected chi connectivity index (χ0v) is 14.0. The van der Waals surface area contributed by atoms with Gasteiger partial charge in [0.25, 0.3) is 0 Å². The van der Waals surface area contributed by atoms with E-state index in [9.17, 15) is 8.42 Å². The fraction of sp³-hybridized carbons (Fsp3) is 0.688. The highest BCUT2D eigenvalue weighted by atomic mass is 32.2. The number of hydrogen-bond acceptors (Lipinski definition) is 5. The number of fused-ring (bicyclic) bond motifs is 1. The molecule has 23 heavy (non-hydrogen) atoms. The summed E-state index contributed by atoms with van der Waals surface area (Å²) in [6.07, 6.45) is 5.23. The van der Waals surface area contributed by atoms with Gasteiger partial charge in [0.1, 0.15) is 0 Å². The van der Waals surface area contributed by atoms with Crippen LogP contribution in [-0.4, -0.2) is 56.4 Å². The fourth-order valence-corrected chi connectivity index (χ4v) is 5.28. The number of nitrogens with zero attached hydrogens (tertiary/aromatic N) is 2. The number of nitrogens with one attached hydrogen (secondary N) is 1. The van der Waals surface area contributed by atoms with Gasteiger partial charge in [-0.3, -0.25) is 9.88 Å². The molecule has 2 saturated heterocycles. The normalized spacial score (nSPS) is 31.4. The van der Waals surface area contributed by atoms with E-state index in [1.54, 1.807) is 0 Å². The van der Waals surface area contributed by atoms with Crippen LogP contribution in [0.2, 0.25) is 0 Å². The average Bonchev–Trinajstić information content (AvgIpc) is 3.24. The largest absolute Gasteiger partial charge is 0.380 e. The van der Waals surface area contributed by atoms with Gasteiger partial charge in [-0.05, 0) is 30.5 Å². The Morgan fingerprint density at radius 1 is 1.35 bits per heavy atom. The molecule has 0 unspecified atom stereocenters. The van der Waals surface area contributed by atoms with Gasteiger partial charge in [0.15, 0.2) is 0 Å². The SMILES string of the molecule is O=S(=O)(NC[C@@]12COC[C@@H]1CN(Cc1ccncc1)C2)C1CC1. The number of pyridine rings is 1. The third kappa shape index (κ3) is 3.15.